The minimum absolute atomic E-state index is 0.0910. The highest BCUT2D eigenvalue weighted by Crippen LogP contribution is 2.22. The van der Waals surface area contributed by atoms with Gasteiger partial charge in [-0.25, -0.2) is 4.68 Å². The van der Waals surface area contributed by atoms with Crippen LogP contribution in [0.2, 0.25) is 0 Å². The molecular formula is C13H17N5OS. The van der Waals surface area contributed by atoms with E-state index in [1.165, 1.54) is 22.8 Å². The highest BCUT2D eigenvalue weighted by atomic mass is 32.2. The van der Waals surface area contributed by atoms with Crippen molar-refractivity contribution in [1.82, 2.24) is 14.9 Å². The average molecular weight is 291 g/mol. The minimum atomic E-state index is -0.318. The van der Waals surface area contributed by atoms with E-state index >= 15 is 0 Å². The van der Waals surface area contributed by atoms with Crippen LogP contribution in [0.15, 0.2) is 29.7 Å². The molecule has 1 atom stereocenters. The standard InChI is InChI=1S/C13H17N5OS/c1-8-4-5-9(2)11(6-8)16-12(19)10(3)20-13-17-15-7-18(13)14/h4-7,10H,14H2,1-3H3,(H,16,19)/t10-/m0/s1. The van der Waals surface area contributed by atoms with Crippen LogP contribution < -0.4 is 11.2 Å². The first kappa shape index (κ1) is 14.4. The fraction of sp³-hybridized carbons (Fsp3) is 0.308. The molecule has 0 aliphatic carbocycles. The van der Waals surface area contributed by atoms with Crippen molar-refractivity contribution in [1.29, 1.82) is 0 Å². The van der Waals surface area contributed by atoms with Gasteiger partial charge in [0, 0.05) is 5.69 Å². The molecule has 1 aromatic carbocycles. The highest BCUT2D eigenvalue weighted by Gasteiger charge is 2.18. The number of nitrogens with zero attached hydrogens (tertiary/aromatic N) is 3. The lowest BCUT2D eigenvalue weighted by atomic mass is 10.1. The van der Waals surface area contributed by atoms with Crippen molar-refractivity contribution >= 4 is 23.4 Å². The van der Waals surface area contributed by atoms with E-state index < -0.39 is 0 Å². The average Bonchev–Trinajstić information content (AvgIpc) is 2.79. The fourth-order valence-electron chi connectivity index (χ4n) is 1.63. The summed E-state index contributed by atoms with van der Waals surface area (Å²) < 4.78 is 1.30. The molecule has 0 aliphatic rings. The van der Waals surface area contributed by atoms with Gasteiger partial charge in [0.25, 0.3) is 0 Å². The molecule has 3 N–H and O–H groups in total. The van der Waals surface area contributed by atoms with Gasteiger partial charge >= 0.3 is 0 Å². The summed E-state index contributed by atoms with van der Waals surface area (Å²) in [6.45, 7) is 5.76. The van der Waals surface area contributed by atoms with Crippen LogP contribution >= 0.6 is 11.8 Å². The Morgan fingerprint density at radius 1 is 1.45 bits per heavy atom. The predicted octanol–water partition coefficient (Wildman–Crippen LogP) is 1.73. The van der Waals surface area contributed by atoms with E-state index in [0.717, 1.165) is 16.8 Å². The van der Waals surface area contributed by atoms with Crippen LogP contribution in [-0.4, -0.2) is 26.0 Å². The summed E-state index contributed by atoms with van der Waals surface area (Å²) in [5, 5.41) is 10.6. The van der Waals surface area contributed by atoms with Gasteiger partial charge in [0.15, 0.2) is 0 Å². The van der Waals surface area contributed by atoms with Crippen LogP contribution in [0.25, 0.3) is 0 Å². The third-order valence-electron chi connectivity index (χ3n) is 2.84. The van der Waals surface area contributed by atoms with Gasteiger partial charge in [-0.3, -0.25) is 4.79 Å². The maximum Gasteiger partial charge on any atom is 0.237 e. The number of nitrogen functional groups attached to an aromatic ring is 1. The number of aromatic nitrogens is 3. The number of amides is 1. The Bertz CT molecular complexity index is 625. The SMILES string of the molecule is Cc1ccc(C)c(NC(=O)[C@H](C)Sc2nncn2N)c1. The van der Waals surface area contributed by atoms with Crippen LogP contribution in [0, 0.1) is 13.8 Å². The van der Waals surface area contributed by atoms with Crippen molar-refractivity contribution in [3.8, 4) is 0 Å². The summed E-state index contributed by atoms with van der Waals surface area (Å²) >= 11 is 1.27. The number of anilines is 1. The number of nitrogens with two attached hydrogens (primary N) is 1. The largest absolute Gasteiger partial charge is 0.336 e. The number of thioether (sulfide) groups is 1. The number of carbonyl (C=O) groups is 1. The Labute approximate surface area is 121 Å². The Hall–Kier alpha value is -2.02. The van der Waals surface area contributed by atoms with Crippen LogP contribution in [0.5, 0.6) is 0 Å². The van der Waals surface area contributed by atoms with Crippen molar-refractivity contribution in [2.75, 3.05) is 11.2 Å². The molecule has 0 fully saturated rings. The van der Waals surface area contributed by atoms with Gasteiger partial charge in [0.2, 0.25) is 11.1 Å². The van der Waals surface area contributed by atoms with Crippen LogP contribution in [0.4, 0.5) is 5.69 Å². The molecule has 0 saturated heterocycles. The number of benzene rings is 1. The van der Waals surface area contributed by atoms with E-state index in [-0.39, 0.29) is 11.2 Å². The molecule has 2 aromatic rings. The number of nitrogens with one attached hydrogen (secondary N) is 1. The van der Waals surface area contributed by atoms with Gasteiger partial charge in [0.05, 0.1) is 5.25 Å². The van der Waals surface area contributed by atoms with Crippen molar-refractivity contribution < 1.29 is 4.79 Å². The van der Waals surface area contributed by atoms with Crippen molar-refractivity contribution in [3.05, 3.63) is 35.7 Å². The molecule has 0 radical (unpaired) electrons. The predicted molar refractivity (Wildman–Crippen MR) is 80.0 cm³/mol. The van der Waals surface area contributed by atoms with Gasteiger partial charge in [-0.1, -0.05) is 23.9 Å². The van der Waals surface area contributed by atoms with Gasteiger partial charge < -0.3 is 11.2 Å². The van der Waals surface area contributed by atoms with Crippen LogP contribution in [0.3, 0.4) is 0 Å². The lowest BCUT2D eigenvalue weighted by molar-refractivity contribution is -0.115. The van der Waals surface area contributed by atoms with Gasteiger partial charge in [-0.15, -0.1) is 10.2 Å². The quantitative estimate of drug-likeness (QED) is 0.662. The molecule has 0 saturated carbocycles. The van der Waals surface area contributed by atoms with Crippen molar-refractivity contribution in [2.24, 2.45) is 0 Å². The maximum atomic E-state index is 12.2. The zero-order chi connectivity index (χ0) is 14.7. The number of aryl methyl sites for hydroxylation is 2. The second-order valence-corrected chi connectivity index (χ2v) is 5.90. The van der Waals surface area contributed by atoms with Crippen LogP contribution in [0.1, 0.15) is 18.1 Å². The molecular weight excluding hydrogens is 274 g/mol. The topological polar surface area (TPSA) is 85.8 Å². The molecule has 0 bridgehead atoms. The summed E-state index contributed by atoms with van der Waals surface area (Å²) in [6, 6.07) is 5.95. The molecule has 6 nitrogen and oxygen atoms in total. The smallest absolute Gasteiger partial charge is 0.237 e. The monoisotopic (exact) mass is 291 g/mol. The Morgan fingerprint density at radius 3 is 2.85 bits per heavy atom. The summed E-state index contributed by atoms with van der Waals surface area (Å²) in [4.78, 5) is 12.2. The normalized spacial score (nSPS) is 12.2. The van der Waals surface area contributed by atoms with Crippen molar-refractivity contribution in [2.45, 2.75) is 31.2 Å². The van der Waals surface area contributed by atoms with Gasteiger partial charge in [-0.05, 0) is 38.0 Å². The molecule has 20 heavy (non-hydrogen) atoms. The van der Waals surface area contributed by atoms with E-state index in [2.05, 4.69) is 15.5 Å². The van der Waals surface area contributed by atoms with E-state index in [1.54, 1.807) is 6.92 Å². The summed E-state index contributed by atoms with van der Waals surface area (Å²) in [6.07, 6.45) is 1.40. The molecule has 1 heterocycles. The summed E-state index contributed by atoms with van der Waals surface area (Å²) in [7, 11) is 0. The Balaban J connectivity index is 2.04. The van der Waals surface area contributed by atoms with Gasteiger partial charge in [0.1, 0.15) is 6.33 Å². The Morgan fingerprint density at radius 2 is 2.20 bits per heavy atom. The summed E-state index contributed by atoms with van der Waals surface area (Å²) in [5.41, 5.74) is 2.97. The first-order chi connectivity index (χ1) is 9.47. The zero-order valence-electron chi connectivity index (χ0n) is 11.6. The fourth-order valence-corrected chi connectivity index (χ4v) is 2.38. The molecule has 0 spiro atoms. The third kappa shape index (κ3) is 3.30. The number of hydrogen-bond acceptors (Lipinski definition) is 5. The van der Waals surface area contributed by atoms with E-state index in [0.29, 0.717) is 5.16 Å². The second kappa shape index (κ2) is 5.96. The first-order valence-corrected chi connectivity index (χ1v) is 7.05. The maximum absolute atomic E-state index is 12.2. The Kier molecular flexibility index (Phi) is 4.29. The highest BCUT2D eigenvalue weighted by molar-refractivity contribution is 8.00. The lowest BCUT2D eigenvalue weighted by Crippen LogP contribution is -2.24. The second-order valence-electron chi connectivity index (χ2n) is 4.59. The number of carbonyl (C=O) groups excluding carboxylic acids is 1. The molecule has 1 amide bonds. The minimum Gasteiger partial charge on any atom is -0.336 e. The number of hydrogen-bond donors (Lipinski definition) is 2. The summed E-state index contributed by atoms with van der Waals surface area (Å²) in [5.74, 6) is 5.53. The van der Waals surface area contributed by atoms with E-state index in [4.69, 9.17) is 5.84 Å². The molecule has 7 heteroatoms. The molecule has 0 unspecified atom stereocenters. The van der Waals surface area contributed by atoms with Crippen molar-refractivity contribution in [3.63, 3.8) is 0 Å². The van der Waals surface area contributed by atoms with Gasteiger partial charge in [-0.2, -0.15) is 0 Å². The molecule has 106 valence electrons. The lowest BCUT2D eigenvalue weighted by Gasteiger charge is -2.13. The molecule has 2 rings (SSSR count). The third-order valence-corrected chi connectivity index (χ3v) is 3.91. The molecule has 0 aliphatic heterocycles. The van der Waals surface area contributed by atoms with Crippen LogP contribution in [-0.2, 0) is 4.79 Å². The molecule has 1 aromatic heterocycles. The first-order valence-electron chi connectivity index (χ1n) is 6.17. The number of rotatable bonds is 4. The zero-order valence-corrected chi connectivity index (χ0v) is 12.4. The van der Waals surface area contributed by atoms with E-state index in [9.17, 15) is 4.79 Å². The van der Waals surface area contributed by atoms with E-state index in [1.807, 2.05) is 32.0 Å².